The molecule has 1 fully saturated rings. The van der Waals surface area contributed by atoms with Crippen LogP contribution in [0.1, 0.15) is 26.7 Å². The fourth-order valence-corrected chi connectivity index (χ4v) is 4.53. The van der Waals surface area contributed by atoms with Gasteiger partial charge in [-0.1, -0.05) is 29.8 Å². The van der Waals surface area contributed by atoms with Crippen LogP contribution in [0.2, 0.25) is 0 Å². The van der Waals surface area contributed by atoms with Gasteiger partial charge in [0.25, 0.3) is 0 Å². The van der Waals surface area contributed by atoms with Crippen LogP contribution in [0.25, 0.3) is 0 Å². The smallest absolute Gasteiger partial charge is 0.245 e. The van der Waals surface area contributed by atoms with E-state index in [9.17, 15) is 8.42 Å². The molecular weight excluding hydrogens is 328 g/mol. The second-order valence-corrected chi connectivity index (χ2v) is 8.16. The second kappa shape index (κ2) is 5.42. The molecule has 0 radical (unpaired) electrons. The van der Waals surface area contributed by atoms with Crippen molar-refractivity contribution < 1.29 is 8.42 Å². The molecule has 19 heavy (non-hydrogen) atoms. The molecule has 2 N–H and O–H groups in total. The lowest BCUT2D eigenvalue weighted by Gasteiger charge is -2.24. The van der Waals surface area contributed by atoms with Gasteiger partial charge in [0.15, 0.2) is 0 Å². The van der Waals surface area contributed by atoms with Crippen molar-refractivity contribution in [2.45, 2.75) is 37.6 Å². The third-order valence-electron chi connectivity index (χ3n) is 3.06. The van der Waals surface area contributed by atoms with Crippen LogP contribution in [0.15, 0.2) is 27.6 Å². The Morgan fingerprint density at radius 1 is 1.42 bits per heavy atom. The molecule has 0 aromatic heterocycles. The van der Waals surface area contributed by atoms with Crippen LogP contribution in [0.5, 0.6) is 0 Å². The van der Waals surface area contributed by atoms with E-state index in [4.69, 9.17) is 5.73 Å². The number of hydrogen-bond acceptors (Lipinski definition) is 3. The second-order valence-electron chi connectivity index (χ2n) is 5.38. The van der Waals surface area contributed by atoms with E-state index in [1.807, 2.05) is 13.8 Å². The van der Waals surface area contributed by atoms with Gasteiger partial charge in [0, 0.05) is 17.1 Å². The highest BCUT2D eigenvalue weighted by atomic mass is 79.9. The minimum absolute atomic E-state index is 0.144. The summed E-state index contributed by atoms with van der Waals surface area (Å²) < 4.78 is 27.8. The average Bonchev–Trinajstić information content (AvgIpc) is 3.12. The molecule has 1 aromatic carbocycles. The lowest BCUT2D eigenvalue weighted by Crippen LogP contribution is -2.36. The predicted molar refractivity (Wildman–Crippen MR) is 80.3 cm³/mol. The first-order valence-corrected chi connectivity index (χ1v) is 8.62. The van der Waals surface area contributed by atoms with Crippen molar-refractivity contribution in [2.24, 2.45) is 5.92 Å². The Morgan fingerprint density at radius 2 is 2.05 bits per heavy atom. The molecule has 1 aromatic rings. The van der Waals surface area contributed by atoms with Crippen molar-refractivity contribution in [1.82, 2.24) is 4.31 Å². The summed E-state index contributed by atoms with van der Waals surface area (Å²) in [5, 5.41) is 0. The van der Waals surface area contributed by atoms with Crippen LogP contribution in [0, 0.1) is 5.92 Å². The number of rotatable bonds is 5. The molecule has 0 bridgehead atoms. The molecule has 0 atom stereocenters. The first-order valence-electron chi connectivity index (χ1n) is 6.39. The molecule has 4 nitrogen and oxygen atoms in total. The molecule has 0 amide bonds. The van der Waals surface area contributed by atoms with Gasteiger partial charge >= 0.3 is 0 Å². The van der Waals surface area contributed by atoms with E-state index in [1.54, 1.807) is 22.5 Å². The molecular formula is C13H19BrN2O2S. The quantitative estimate of drug-likeness (QED) is 0.833. The van der Waals surface area contributed by atoms with Crippen molar-refractivity contribution in [3.8, 4) is 0 Å². The summed E-state index contributed by atoms with van der Waals surface area (Å²) in [5.74, 6) is 0.295. The van der Waals surface area contributed by atoms with E-state index >= 15 is 0 Å². The van der Waals surface area contributed by atoms with Gasteiger partial charge in [-0.2, -0.15) is 4.31 Å². The average molecular weight is 347 g/mol. The van der Waals surface area contributed by atoms with E-state index < -0.39 is 10.0 Å². The number of nitrogen functional groups attached to an aromatic ring is 1. The van der Waals surface area contributed by atoms with Gasteiger partial charge in [-0.15, -0.1) is 0 Å². The minimum atomic E-state index is -3.51. The van der Waals surface area contributed by atoms with Crippen LogP contribution in [0.4, 0.5) is 5.69 Å². The number of anilines is 1. The maximum Gasteiger partial charge on any atom is 0.245 e. The van der Waals surface area contributed by atoms with Crippen molar-refractivity contribution >= 4 is 31.6 Å². The summed E-state index contributed by atoms with van der Waals surface area (Å²) in [6.07, 6.45) is 1.89. The summed E-state index contributed by atoms with van der Waals surface area (Å²) in [4.78, 5) is 0.203. The Labute approximate surface area is 123 Å². The summed E-state index contributed by atoms with van der Waals surface area (Å²) in [6, 6.07) is 5.10. The lowest BCUT2D eigenvalue weighted by atomic mass is 10.2. The van der Waals surface area contributed by atoms with E-state index in [0.29, 0.717) is 18.2 Å². The summed E-state index contributed by atoms with van der Waals surface area (Å²) in [6.45, 7) is 4.59. The number of benzene rings is 1. The largest absolute Gasteiger partial charge is 0.398 e. The Balaban J connectivity index is 2.41. The van der Waals surface area contributed by atoms with E-state index in [-0.39, 0.29) is 10.9 Å². The predicted octanol–water partition coefficient (Wildman–Crippen LogP) is 2.84. The van der Waals surface area contributed by atoms with Gasteiger partial charge in [-0.05, 0) is 37.0 Å². The van der Waals surface area contributed by atoms with Gasteiger partial charge < -0.3 is 5.73 Å². The summed E-state index contributed by atoms with van der Waals surface area (Å²) in [7, 11) is -3.51. The van der Waals surface area contributed by atoms with Crippen molar-refractivity contribution in [1.29, 1.82) is 0 Å². The number of hydrogen-bond donors (Lipinski definition) is 1. The number of nitrogens with zero attached hydrogens (tertiary/aromatic N) is 1. The molecule has 1 aliphatic carbocycles. The zero-order chi connectivity index (χ0) is 14.2. The number of sulfonamides is 1. The number of halogens is 1. The van der Waals surface area contributed by atoms with Crippen LogP contribution < -0.4 is 5.73 Å². The topological polar surface area (TPSA) is 63.4 Å². The molecule has 1 saturated carbocycles. The molecule has 0 saturated heterocycles. The SMILES string of the molecule is CC(C)CN(C1CC1)S(=O)(=O)c1cc(Br)ccc1N. The molecule has 1 aliphatic rings. The van der Waals surface area contributed by atoms with Gasteiger partial charge in [0.05, 0.1) is 5.69 Å². The van der Waals surface area contributed by atoms with Gasteiger partial charge in [-0.25, -0.2) is 8.42 Å². The molecule has 0 unspecified atom stereocenters. The van der Waals surface area contributed by atoms with E-state index in [0.717, 1.165) is 17.3 Å². The first-order chi connectivity index (χ1) is 8.82. The normalized spacial score (nSPS) is 16.3. The maximum absolute atomic E-state index is 12.7. The molecule has 0 aliphatic heterocycles. The summed E-state index contributed by atoms with van der Waals surface area (Å²) >= 11 is 3.30. The van der Waals surface area contributed by atoms with Crippen molar-refractivity contribution in [3.05, 3.63) is 22.7 Å². The minimum Gasteiger partial charge on any atom is -0.398 e. The Kier molecular flexibility index (Phi) is 4.23. The third kappa shape index (κ3) is 3.30. The maximum atomic E-state index is 12.7. The highest BCUT2D eigenvalue weighted by Crippen LogP contribution is 2.35. The van der Waals surface area contributed by atoms with Gasteiger partial charge in [0.1, 0.15) is 4.90 Å². The monoisotopic (exact) mass is 346 g/mol. The van der Waals surface area contributed by atoms with Gasteiger partial charge in [0.2, 0.25) is 10.0 Å². The Morgan fingerprint density at radius 3 is 2.58 bits per heavy atom. The molecule has 0 spiro atoms. The lowest BCUT2D eigenvalue weighted by molar-refractivity contribution is 0.360. The Hall–Kier alpha value is -0.590. The fraction of sp³-hybridized carbons (Fsp3) is 0.538. The molecule has 2 rings (SSSR count). The number of nitrogens with two attached hydrogens (primary N) is 1. The van der Waals surface area contributed by atoms with Crippen LogP contribution >= 0.6 is 15.9 Å². The van der Waals surface area contributed by atoms with Crippen molar-refractivity contribution in [3.63, 3.8) is 0 Å². The first kappa shape index (κ1) is 14.8. The van der Waals surface area contributed by atoms with E-state index in [1.165, 1.54) is 0 Å². The summed E-state index contributed by atoms with van der Waals surface area (Å²) in [5.41, 5.74) is 6.14. The molecule has 106 valence electrons. The Bertz CT molecular complexity index is 568. The fourth-order valence-electron chi connectivity index (χ4n) is 2.02. The van der Waals surface area contributed by atoms with Crippen molar-refractivity contribution in [2.75, 3.05) is 12.3 Å². The standard InChI is InChI=1S/C13H19BrN2O2S/c1-9(2)8-16(11-4-5-11)19(17,18)13-7-10(14)3-6-12(13)15/h3,6-7,9,11H,4-5,8,15H2,1-2H3. The molecule has 6 heteroatoms. The van der Waals surface area contributed by atoms with Crippen LogP contribution in [-0.2, 0) is 10.0 Å². The van der Waals surface area contributed by atoms with Crippen LogP contribution in [-0.4, -0.2) is 25.3 Å². The molecule has 0 heterocycles. The van der Waals surface area contributed by atoms with E-state index in [2.05, 4.69) is 15.9 Å². The highest BCUT2D eigenvalue weighted by Gasteiger charge is 2.39. The third-order valence-corrected chi connectivity index (χ3v) is 5.53. The van der Waals surface area contributed by atoms with Crippen LogP contribution in [0.3, 0.4) is 0 Å². The zero-order valence-electron chi connectivity index (χ0n) is 11.1. The van der Waals surface area contributed by atoms with Gasteiger partial charge in [-0.3, -0.25) is 0 Å². The highest BCUT2D eigenvalue weighted by molar-refractivity contribution is 9.10. The zero-order valence-corrected chi connectivity index (χ0v) is 13.5.